The lowest BCUT2D eigenvalue weighted by Gasteiger charge is -1.88. The molecule has 48 valence electrons. The maximum absolute atomic E-state index is 9.67. The molecule has 1 N–H and O–H groups in total. The molecule has 0 unspecified atom stereocenters. The van der Waals surface area contributed by atoms with Crippen LogP contribution in [0.25, 0.3) is 0 Å². The summed E-state index contributed by atoms with van der Waals surface area (Å²) in [6.45, 7) is 1.56. The molecule has 0 bridgehead atoms. The van der Waals surface area contributed by atoms with Crippen molar-refractivity contribution in [3.63, 3.8) is 0 Å². The van der Waals surface area contributed by atoms with Crippen LogP contribution in [0.1, 0.15) is 6.92 Å². The third-order valence-electron chi connectivity index (χ3n) is 0.313. The molecule has 5 heteroatoms. The van der Waals surface area contributed by atoms with E-state index in [1.807, 2.05) is 0 Å². The smallest absolute Gasteiger partial charge is 0.370 e. The zero-order chi connectivity index (χ0) is 6.62. The molecule has 0 saturated carbocycles. The summed E-state index contributed by atoms with van der Waals surface area (Å²) in [6.07, 6.45) is 2.21. The van der Waals surface area contributed by atoms with Crippen LogP contribution in [0, 0.1) is 0 Å². The van der Waals surface area contributed by atoms with E-state index in [-0.39, 0.29) is 0 Å². The van der Waals surface area contributed by atoms with Gasteiger partial charge in [0, 0.05) is 0 Å². The largest absolute Gasteiger partial charge is 0.445 e. The summed E-state index contributed by atoms with van der Waals surface area (Å²) in [5, 5.41) is 0. The molecule has 0 aromatic rings. The summed E-state index contributed by atoms with van der Waals surface area (Å²) < 4.78 is 30.9. The van der Waals surface area contributed by atoms with Crippen molar-refractivity contribution in [3.05, 3.63) is 12.3 Å². The number of hydrogen-bond acceptors (Lipinski definition) is 3. The van der Waals surface area contributed by atoms with Gasteiger partial charge in [0.2, 0.25) is 0 Å². The SMILES string of the molecule is CC=COS(=O)(=O)O. The van der Waals surface area contributed by atoms with E-state index < -0.39 is 10.4 Å². The summed E-state index contributed by atoms with van der Waals surface area (Å²) in [6, 6.07) is 0. The van der Waals surface area contributed by atoms with Gasteiger partial charge in [0.15, 0.2) is 0 Å². The first kappa shape index (κ1) is 7.45. The molecule has 0 aliphatic heterocycles. The molecule has 0 spiro atoms. The van der Waals surface area contributed by atoms with E-state index in [0.717, 1.165) is 6.26 Å². The van der Waals surface area contributed by atoms with Gasteiger partial charge in [-0.2, -0.15) is 8.42 Å². The Labute approximate surface area is 47.7 Å². The highest BCUT2D eigenvalue weighted by Crippen LogP contribution is 1.84. The molecule has 0 heterocycles. The van der Waals surface area contributed by atoms with Crippen molar-refractivity contribution < 1.29 is 17.2 Å². The second kappa shape index (κ2) is 2.68. The number of rotatable bonds is 2. The highest BCUT2D eigenvalue weighted by molar-refractivity contribution is 7.81. The number of hydrogen-bond donors (Lipinski definition) is 1. The van der Waals surface area contributed by atoms with Crippen molar-refractivity contribution in [2.75, 3.05) is 0 Å². The molecular formula is C3H6O4S. The molecule has 0 radical (unpaired) electrons. The Bertz CT molecular complexity index is 166. The lowest BCUT2D eigenvalue weighted by Crippen LogP contribution is -1.96. The average Bonchev–Trinajstić information content (AvgIpc) is 1.59. The Balaban J connectivity index is 3.76. The van der Waals surface area contributed by atoms with Crippen LogP contribution in [-0.4, -0.2) is 13.0 Å². The van der Waals surface area contributed by atoms with Crippen LogP contribution in [0.4, 0.5) is 0 Å². The highest BCUT2D eigenvalue weighted by Gasteiger charge is 1.97. The normalized spacial score (nSPS) is 12.2. The van der Waals surface area contributed by atoms with Gasteiger partial charge < -0.3 is 4.18 Å². The number of allylic oxidation sites excluding steroid dienone is 1. The molecule has 0 aliphatic carbocycles. The van der Waals surface area contributed by atoms with E-state index in [2.05, 4.69) is 4.18 Å². The fourth-order valence-corrected chi connectivity index (χ4v) is 0.377. The average molecular weight is 138 g/mol. The zero-order valence-electron chi connectivity index (χ0n) is 4.23. The molecule has 0 aromatic heterocycles. The summed E-state index contributed by atoms with van der Waals surface area (Å²) in [5.74, 6) is 0. The van der Waals surface area contributed by atoms with Gasteiger partial charge >= 0.3 is 10.4 Å². The monoisotopic (exact) mass is 138 g/mol. The van der Waals surface area contributed by atoms with E-state index in [9.17, 15) is 8.42 Å². The van der Waals surface area contributed by atoms with Gasteiger partial charge in [0.25, 0.3) is 0 Å². The van der Waals surface area contributed by atoms with Crippen molar-refractivity contribution >= 4 is 10.4 Å². The topological polar surface area (TPSA) is 63.6 Å². The van der Waals surface area contributed by atoms with Gasteiger partial charge in [-0.3, -0.25) is 4.55 Å². The third kappa shape index (κ3) is 5.45. The van der Waals surface area contributed by atoms with Crippen LogP contribution < -0.4 is 0 Å². The maximum atomic E-state index is 9.67. The Kier molecular flexibility index (Phi) is 2.50. The van der Waals surface area contributed by atoms with E-state index in [1.54, 1.807) is 6.92 Å². The van der Waals surface area contributed by atoms with Crippen LogP contribution in [0.15, 0.2) is 12.3 Å². The molecule has 0 fully saturated rings. The van der Waals surface area contributed by atoms with Crippen molar-refractivity contribution in [3.8, 4) is 0 Å². The predicted octanol–water partition coefficient (Wildman–Crippen LogP) is 0.339. The molecule has 0 rings (SSSR count). The minimum Gasteiger partial charge on any atom is -0.370 e. The third-order valence-corrected chi connectivity index (χ3v) is 0.668. The quantitative estimate of drug-likeness (QED) is 0.441. The van der Waals surface area contributed by atoms with Gasteiger partial charge in [-0.15, -0.1) is 0 Å². The molecule has 0 amide bonds. The fourth-order valence-electron chi connectivity index (χ4n) is 0.126. The van der Waals surface area contributed by atoms with Crippen molar-refractivity contribution in [1.82, 2.24) is 0 Å². The first-order valence-electron chi connectivity index (χ1n) is 1.83. The van der Waals surface area contributed by atoms with Crippen molar-refractivity contribution in [2.45, 2.75) is 6.92 Å². The van der Waals surface area contributed by atoms with Crippen LogP contribution in [0.3, 0.4) is 0 Å². The summed E-state index contributed by atoms with van der Waals surface area (Å²) in [7, 11) is -4.27. The highest BCUT2D eigenvalue weighted by atomic mass is 32.3. The van der Waals surface area contributed by atoms with Gasteiger partial charge in [-0.25, -0.2) is 0 Å². The standard InChI is InChI=1S/C3H6O4S/c1-2-3-7-8(4,5)6/h2-3H,1H3,(H,4,5,6). The second-order valence-corrected chi connectivity index (χ2v) is 2.04. The summed E-state index contributed by atoms with van der Waals surface area (Å²) in [5.41, 5.74) is 0. The molecular weight excluding hydrogens is 132 g/mol. The van der Waals surface area contributed by atoms with Crippen molar-refractivity contribution in [2.24, 2.45) is 0 Å². The summed E-state index contributed by atoms with van der Waals surface area (Å²) >= 11 is 0. The summed E-state index contributed by atoms with van der Waals surface area (Å²) in [4.78, 5) is 0. The Morgan fingerprint density at radius 2 is 2.12 bits per heavy atom. The van der Waals surface area contributed by atoms with Gasteiger partial charge in [0.1, 0.15) is 6.26 Å². The molecule has 0 atom stereocenters. The van der Waals surface area contributed by atoms with Crippen LogP contribution in [0.5, 0.6) is 0 Å². The van der Waals surface area contributed by atoms with Crippen LogP contribution in [0.2, 0.25) is 0 Å². The van der Waals surface area contributed by atoms with Crippen LogP contribution >= 0.6 is 0 Å². The van der Waals surface area contributed by atoms with Crippen LogP contribution in [-0.2, 0) is 14.6 Å². The van der Waals surface area contributed by atoms with Gasteiger partial charge in [-0.1, -0.05) is 6.08 Å². The van der Waals surface area contributed by atoms with E-state index in [4.69, 9.17) is 4.55 Å². The molecule has 0 aliphatic rings. The fraction of sp³-hybridized carbons (Fsp3) is 0.333. The van der Waals surface area contributed by atoms with Gasteiger partial charge in [0.05, 0.1) is 0 Å². The lowest BCUT2D eigenvalue weighted by atomic mass is 10.8. The van der Waals surface area contributed by atoms with Gasteiger partial charge in [-0.05, 0) is 6.92 Å². The molecule has 4 nitrogen and oxygen atoms in total. The van der Waals surface area contributed by atoms with E-state index in [0.29, 0.717) is 0 Å². The molecule has 8 heavy (non-hydrogen) atoms. The second-order valence-electron chi connectivity index (χ2n) is 0.993. The maximum Gasteiger partial charge on any atom is 0.445 e. The van der Waals surface area contributed by atoms with E-state index in [1.165, 1.54) is 6.08 Å². The minimum atomic E-state index is -4.27. The molecule has 0 aromatic carbocycles. The van der Waals surface area contributed by atoms with E-state index >= 15 is 0 Å². The minimum absolute atomic E-state index is 0.870. The lowest BCUT2D eigenvalue weighted by molar-refractivity contribution is 0.356. The Morgan fingerprint density at radius 3 is 2.25 bits per heavy atom. The zero-order valence-corrected chi connectivity index (χ0v) is 5.05. The Hall–Kier alpha value is -0.550. The predicted molar refractivity (Wildman–Crippen MR) is 27.4 cm³/mol. The van der Waals surface area contributed by atoms with Crippen molar-refractivity contribution in [1.29, 1.82) is 0 Å². The first-order valence-corrected chi connectivity index (χ1v) is 3.19. The molecule has 0 saturated heterocycles. The first-order chi connectivity index (χ1) is 3.56. The Morgan fingerprint density at radius 1 is 1.62 bits per heavy atom.